The zero-order valence-corrected chi connectivity index (χ0v) is 65.0. The number of carbonyl (C=O) groups excluding carboxylic acids is 3. The molecule has 0 aliphatic carbocycles. The Bertz CT molecular complexity index is 5280. The second-order valence-corrected chi connectivity index (χ2v) is 34.9. The van der Waals surface area contributed by atoms with Crippen LogP contribution >= 0.6 is 68.8 Å². The van der Waals surface area contributed by atoms with Crippen molar-refractivity contribution in [3.05, 3.63) is 207 Å². The Morgan fingerprint density at radius 1 is 0.557 bits per heavy atom. The number of aromatic nitrogens is 5. The van der Waals surface area contributed by atoms with E-state index < -0.39 is 30.1 Å². The number of ketones is 1. The van der Waals surface area contributed by atoms with Crippen molar-refractivity contribution in [1.29, 1.82) is 0 Å². The minimum Gasteiger partial charge on any atom is -0.371 e. The second-order valence-electron chi connectivity index (χ2n) is 26.0. The number of aryl methyl sites for hydroxylation is 3. The fourth-order valence-corrected chi connectivity index (χ4v) is 20.0. The number of nitrogens with one attached hydrogen (secondary N) is 3. The number of hydrogen-bond donors (Lipinski definition) is 3. The molecule has 4 aliphatic heterocycles. The lowest BCUT2D eigenvalue weighted by Gasteiger charge is -2.41. The van der Waals surface area contributed by atoms with Gasteiger partial charge in [0, 0.05) is 176 Å². The molecule has 1 atom stereocenters. The van der Waals surface area contributed by atoms with E-state index in [2.05, 4.69) is 53.3 Å². The number of benzene rings is 6. The largest absolute Gasteiger partial charge is 0.371 e. The van der Waals surface area contributed by atoms with Crippen LogP contribution in [0.3, 0.4) is 0 Å². The number of halogens is 3. The molecule has 11 aromatic rings. The van der Waals surface area contributed by atoms with E-state index in [1.54, 1.807) is 77.1 Å². The summed E-state index contributed by atoms with van der Waals surface area (Å²) in [5.74, 6) is 0.512. The number of nitrogens with zero attached hydrogens (tertiary/aromatic N) is 11. The van der Waals surface area contributed by atoms with Gasteiger partial charge in [-0.1, -0.05) is 59.1 Å². The molecule has 0 spiro atoms. The maximum atomic E-state index is 13.4. The molecule has 3 saturated heterocycles. The fourth-order valence-electron chi connectivity index (χ4n) is 13.7. The molecule has 9 heterocycles. The molecule has 32 heteroatoms. The number of Topliss-reactive ketones (excluding diaryl/α,β-unsaturated/α-hetero) is 1. The molecule has 0 saturated carbocycles. The number of piperazine rings is 2. The van der Waals surface area contributed by atoms with Crippen LogP contribution in [0.4, 0.5) is 38.1 Å². The highest BCUT2D eigenvalue weighted by Gasteiger charge is 2.33. The van der Waals surface area contributed by atoms with Crippen molar-refractivity contribution in [3.63, 3.8) is 0 Å². The molecular formula is C74H85Cl3N14O9S6. The standard InChI is InChI=1S/C26H30ClN5O3S2.C25H25ClN4O3S2.C23H22ClN5O3S2.4H2/c1-18-17-36-26(28-18)29-37(34,35)23-8-6-22(7-9-23)30-12-14-31(15-13-30)25(33)19(2)32-11-3-4-20-16-21(27)5-10-24(20)32;26-22-3-1-2-19-10-15-30(24(19)22)16-11-23(31)18-8-13-29(14-9-18)20-4-6-21(7-5-20)35(32,33)28-25-27-12-17-34-25;24-20-3-1-2-17-8-10-29(22(17)20)16-21(30)28-13-11-27(12-14-28)18-4-6-19(7-5-18)34(31,32)26-23-25-9-15-33-23;;;;/h5-10,16-17,19H,3-4,11-15H2,1-2H3,(H,28,29);1-7,10,12,15,17-18H,8-9,11,13-14,16H2,(H,27,28);1-10,15H,11-14,16H2,(H,25,26);4*1H/t19-;;;;;;/m1....../s1. The quantitative estimate of drug-likeness (QED) is 0.0641. The summed E-state index contributed by atoms with van der Waals surface area (Å²) in [6.45, 7) is 12.2. The third-order valence-corrected chi connectivity index (χ3v) is 26.8. The maximum absolute atomic E-state index is 13.4. The minimum absolute atomic E-state index is 0. The first-order valence-corrected chi connectivity index (χ1v) is 42.7. The van der Waals surface area contributed by atoms with E-state index in [1.165, 1.54) is 39.6 Å². The van der Waals surface area contributed by atoms with Crippen LogP contribution < -0.4 is 33.8 Å². The topological polar surface area (TPSA) is 258 Å². The first-order chi connectivity index (χ1) is 51.0. The van der Waals surface area contributed by atoms with Gasteiger partial charge in [0.05, 0.1) is 41.5 Å². The van der Waals surface area contributed by atoms with Crippen LogP contribution in [0.2, 0.25) is 15.1 Å². The van der Waals surface area contributed by atoms with Crippen LogP contribution in [0.1, 0.15) is 49.6 Å². The van der Waals surface area contributed by atoms with E-state index in [-0.39, 0.29) is 56.5 Å². The van der Waals surface area contributed by atoms with Crippen LogP contribution in [0, 0.1) is 12.8 Å². The number of carbonyl (C=O) groups is 3. The molecule has 562 valence electrons. The van der Waals surface area contributed by atoms with Crippen molar-refractivity contribution in [1.82, 2.24) is 33.9 Å². The number of thiazole rings is 3. The summed E-state index contributed by atoms with van der Waals surface area (Å²) in [4.78, 5) is 64.4. The minimum atomic E-state index is -3.70. The molecule has 5 aromatic heterocycles. The van der Waals surface area contributed by atoms with E-state index in [4.69, 9.17) is 34.8 Å². The summed E-state index contributed by atoms with van der Waals surface area (Å²) in [6, 6.07) is 41.7. The summed E-state index contributed by atoms with van der Waals surface area (Å²) in [6.07, 6.45) is 11.0. The lowest BCUT2D eigenvalue weighted by Crippen LogP contribution is -2.55. The molecule has 6 aromatic carbocycles. The van der Waals surface area contributed by atoms with Gasteiger partial charge in [-0.25, -0.2) is 40.2 Å². The first-order valence-electron chi connectivity index (χ1n) is 34.5. The van der Waals surface area contributed by atoms with E-state index in [0.29, 0.717) is 90.8 Å². The Labute approximate surface area is 649 Å². The third-order valence-electron chi connectivity index (χ3n) is 19.3. The van der Waals surface area contributed by atoms with Gasteiger partial charge in [0.25, 0.3) is 30.1 Å². The number of sulfonamides is 3. The summed E-state index contributed by atoms with van der Waals surface area (Å²) < 4.78 is 87.0. The zero-order chi connectivity index (χ0) is 74.3. The van der Waals surface area contributed by atoms with Crippen LogP contribution in [0.15, 0.2) is 195 Å². The lowest BCUT2D eigenvalue weighted by molar-refractivity contribution is -0.133. The van der Waals surface area contributed by atoms with Crippen molar-refractivity contribution in [3.8, 4) is 0 Å². The monoisotopic (exact) mass is 1610 g/mol. The van der Waals surface area contributed by atoms with Crippen LogP contribution in [-0.4, -0.2) is 155 Å². The molecule has 23 nitrogen and oxygen atoms in total. The molecule has 106 heavy (non-hydrogen) atoms. The highest BCUT2D eigenvalue weighted by atomic mass is 35.5. The smallest absolute Gasteiger partial charge is 0.263 e. The average molecular weight is 1610 g/mol. The van der Waals surface area contributed by atoms with Gasteiger partial charge in [0.15, 0.2) is 15.4 Å². The lowest BCUT2D eigenvalue weighted by atomic mass is 9.90. The van der Waals surface area contributed by atoms with Crippen LogP contribution in [0.5, 0.6) is 0 Å². The third kappa shape index (κ3) is 17.9. The van der Waals surface area contributed by atoms with Crippen molar-refractivity contribution >= 4 is 176 Å². The zero-order valence-electron chi connectivity index (χ0n) is 57.9. The Balaban J connectivity index is 0.000000187. The Morgan fingerprint density at radius 2 is 1.04 bits per heavy atom. The van der Waals surface area contributed by atoms with Crippen molar-refractivity contribution in [2.24, 2.45) is 5.92 Å². The van der Waals surface area contributed by atoms with Gasteiger partial charge in [0.2, 0.25) is 11.8 Å². The van der Waals surface area contributed by atoms with E-state index in [0.717, 1.165) is 101 Å². The van der Waals surface area contributed by atoms with E-state index in [9.17, 15) is 39.6 Å². The summed E-state index contributed by atoms with van der Waals surface area (Å²) in [5, 5.41) is 10.4. The first kappa shape index (κ1) is 75.5. The highest BCUT2D eigenvalue weighted by Crippen LogP contribution is 2.34. The molecule has 15 rings (SSSR count). The summed E-state index contributed by atoms with van der Waals surface area (Å²) >= 11 is 22.6. The number of hydrogen-bond acceptors (Lipinski definition) is 19. The van der Waals surface area contributed by atoms with Gasteiger partial charge in [-0.2, -0.15) is 0 Å². The Morgan fingerprint density at radius 3 is 1.53 bits per heavy atom. The molecule has 0 bridgehead atoms. The molecule has 2 amide bonds. The predicted molar refractivity (Wildman–Crippen MR) is 434 cm³/mol. The number of para-hydroxylation sites is 2. The number of rotatable bonds is 20. The molecular weight excluding hydrogens is 1530 g/mol. The molecule has 3 N–H and O–H groups in total. The number of piperidine rings is 1. The van der Waals surface area contributed by atoms with Crippen LogP contribution in [0.25, 0.3) is 21.8 Å². The van der Waals surface area contributed by atoms with Gasteiger partial charge in [0.1, 0.15) is 18.4 Å². The Kier molecular flexibility index (Phi) is 23.6. The molecule has 4 aliphatic rings. The summed E-state index contributed by atoms with van der Waals surface area (Å²) in [7, 11) is -11.0. The molecule has 0 radical (unpaired) electrons. The van der Waals surface area contributed by atoms with Crippen LogP contribution in [-0.2, 0) is 64.0 Å². The molecule has 3 fully saturated rings. The number of amides is 2. The predicted octanol–water partition coefficient (Wildman–Crippen LogP) is 14.7. The number of fused-ring (bicyclic) bond motifs is 3. The fraction of sp³-hybridized carbons (Fsp3) is 0.297. The van der Waals surface area contributed by atoms with Crippen molar-refractivity contribution in [2.45, 2.75) is 79.8 Å². The summed E-state index contributed by atoms with van der Waals surface area (Å²) in [5.41, 5.74) is 7.73. The maximum Gasteiger partial charge on any atom is 0.263 e. The van der Waals surface area contributed by atoms with Gasteiger partial charge >= 0.3 is 0 Å². The highest BCUT2D eigenvalue weighted by molar-refractivity contribution is 7.93. The van der Waals surface area contributed by atoms with Gasteiger partial charge in [-0.3, -0.25) is 28.5 Å². The SMILES string of the molecule is Cc1csc(NS(=O)(=O)c2ccc(N3CCN(C(=O)[C@@H](C)N4CCCc5cc(Cl)ccc54)CC3)cc2)n1.O=C(CCn1ccc2cccc(Cl)c21)C1CCN(c2ccc(S(=O)(=O)Nc3nccs3)cc2)CC1.O=C(Cn1ccc2cccc(Cl)c21)N1CCN(c2ccc(S(=O)(=O)Nc3nccs3)cc2)CC1.[HH].[HH].[HH].[HH]. The second kappa shape index (κ2) is 33.2. The normalized spacial score (nSPS) is 15.5. The van der Waals surface area contributed by atoms with Crippen molar-refractivity contribution in [2.75, 3.05) is 106 Å². The number of anilines is 7. The van der Waals surface area contributed by atoms with Gasteiger partial charge in [-0.05, 0) is 160 Å². The Hall–Kier alpha value is -8.78. The van der Waals surface area contributed by atoms with E-state index >= 15 is 0 Å². The van der Waals surface area contributed by atoms with Crippen molar-refractivity contribution < 1.29 is 45.3 Å². The average Bonchev–Trinajstić information content (AvgIpc) is 1.76. The van der Waals surface area contributed by atoms with Gasteiger partial charge < -0.3 is 38.5 Å². The van der Waals surface area contributed by atoms with Gasteiger partial charge in [-0.15, -0.1) is 34.0 Å². The molecule has 0 unspecified atom stereocenters. The van der Waals surface area contributed by atoms with E-state index in [1.807, 2.05) is 132 Å².